The lowest BCUT2D eigenvalue weighted by Crippen LogP contribution is -2.67. The molecule has 0 radical (unpaired) electrons. The van der Waals surface area contributed by atoms with Crippen LogP contribution in [0.15, 0.2) is 72.0 Å². The van der Waals surface area contributed by atoms with Gasteiger partial charge in [-0.05, 0) is 67.4 Å². The van der Waals surface area contributed by atoms with Crippen LogP contribution in [0.2, 0.25) is 10.0 Å². The monoisotopic (exact) mass is 491 g/mol. The average molecular weight is 492 g/mol. The maximum absolute atomic E-state index is 14.2. The van der Waals surface area contributed by atoms with E-state index in [1.54, 1.807) is 17.1 Å². The van der Waals surface area contributed by atoms with E-state index in [4.69, 9.17) is 28.3 Å². The van der Waals surface area contributed by atoms with Crippen molar-refractivity contribution in [1.29, 1.82) is 0 Å². The minimum Gasteiger partial charge on any atom is -0.363 e. The van der Waals surface area contributed by atoms with Gasteiger partial charge in [-0.2, -0.15) is 10.1 Å². The fourth-order valence-electron chi connectivity index (χ4n) is 5.59. The Balaban J connectivity index is 1.46. The van der Waals surface area contributed by atoms with Crippen LogP contribution in [0.4, 0.5) is 17.2 Å². The van der Waals surface area contributed by atoms with Crippen LogP contribution in [-0.4, -0.2) is 42.3 Å². The van der Waals surface area contributed by atoms with Gasteiger partial charge in [-0.25, -0.2) is 4.98 Å². The van der Waals surface area contributed by atoms with Gasteiger partial charge in [0.15, 0.2) is 0 Å². The lowest BCUT2D eigenvalue weighted by atomic mass is 9.67. The number of fused-ring (bicyclic) bond motifs is 4. The highest BCUT2D eigenvalue weighted by atomic mass is 35.5. The Bertz CT molecular complexity index is 1300. The number of benzene rings is 2. The summed E-state index contributed by atoms with van der Waals surface area (Å²) in [5, 5.41) is 7.67. The predicted octanol–water partition coefficient (Wildman–Crippen LogP) is 5.05. The molecule has 2 aromatic carbocycles. The molecule has 0 aliphatic carbocycles. The summed E-state index contributed by atoms with van der Waals surface area (Å²) >= 11 is 12.5. The van der Waals surface area contributed by atoms with Crippen LogP contribution < -0.4 is 14.8 Å². The Hall–Kier alpha value is -3.09. The fourth-order valence-corrected chi connectivity index (χ4v) is 5.88. The topological polar surface area (TPSA) is 52.0 Å². The summed E-state index contributed by atoms with van der Waals surface area (Å²) in [6.07, 6.45) is 2.39. The quantitative estimate of drug-likeness (QED) is 0.503. The smallest absolute Gasteiger partial charge is 0.261 e. The molecule has 6 rings (SSSR count). The number of aromatic nitrogens is 1. The van der Waals surface area contributed by atoms with Crippen molar-refractivity contribution in [1.82, 2.24) is 4.98 Å². The van der Waals surface area contributed by atoms with Gasteiger partial charge in [0.25, 0.3) is 5.91 Å². The van der Waals surface area contributed by atoms with Gasteiger partial charge < -0.3 is 9.80 Å². The van der Waals surface area contributed by atoms with Crippen LogP contribution in [0, 0.1) is 5.41 Å². The van der Waals surface area contributed by atoms with Crippen LogP contribution >= 0.6 is 23.2 Å². The van der Waals surface area contributed by atoms with Crippen LogP contribution in [0.1, 0.15) is 12.5 Å². The van der Waals surface area contributed by atoms with E-state index in [-0.39, 0.29) is 11.9 Å². The van der Waals surface area contributed by atoms with E-state index in [0.717, 1.165) is 41.6 Å². The molecule has 8 heteroatoms. The molecule has 1 fully saturated rings. The van der Waals surface area contributed by atoms with E-state index in [9.17, 15) is 4.79 Å². The fraction of sp³-hybridized carbons (Fsp3) is 0.269. The molecule has 3 aliphatic heterocycles. The average Bonchev–Trinajstić information content (AvgIpc) is 3.11. The first-order chi connectivity index (χ1) is 16.5. The molecule has 2 atom stereocenters. The Labute approximate surface area is 208 Å². The maximum atomic E-state index is 14.2. The van der Waals surface area contributed by atoms with Crippen molar-refractivity contribution in [2.45, 2.75) is 19.4 Å². The number of amides is 1. The Kier molecular flexibility index (Phi) is 5.04. The second-order valence-electron chi connectivity index (χ2n) is 9.04. The summed E-state index contributed by atoms with van der Waals surface area (Å²) in [6, 6.07) is 19.1. The number of carbonyl (C=O) groups excluding carboxylic acids is 1. The third kappa shape index (κ3) is 3.20. The molecule has 1 spiro atoms. The van der Waals surface area contributed by atoms with E-state index < -0.39 is 5.41 Å². The first-order valence-electron chi connectivity index (χ1n) is 11.3. The van der Waals surface area contributed by atoms with Crippen LogP contribution in [-0.2, 0) is 11.2 Å². The molecule has 6 nitrogen and oxygen atoms in total. The first kappa shape index (κ1) is 21.4. The number of carbonyl (C=O) groups is 1. The SMILES string of the molecule is CC1=NN(c2ccc(Cl)cc2)C(=O)[C@@]12Cc1ccc(Cl)cc1N1CCN(c3ccccn3)C[C@@H]12. The van der Waals surface area contributed by atoms with Crippen LogP contribution in [0.3, 0.4) is 0 Å². The normalized spacial score (nSPS) is 23.7. The molecular weight excluding hydrogens is 469 g/mol. The van der Waals surface area contributed by atoms with E-state index in [1.807, 2.05) is 61.7 Å². The number of rotatable bonds is 2. The third-order valence-corrected chi connectivity index (χ3v) is 7.78. The molecule has 0 saturated carbocycles. The molecule has 0 N–H and O–H groups in total. The standard InChI is InChI=1S/C26H23Cl2N5O/c1-17-26(25(34)33(30-17)21-9-7-19(27)8-10-21)15-18-5-6-20(28)14-22(18)32-13-12-31(16-23(26)32)24-4-2-3-11-29-24/h2-11,14,23H,12-13,15-16H2,1H3/t23-,26+/m1/s1. The zero-order valence-corrected chi connectivity index (χ0v) is 20.2. The Morgan fingerprint density at radius 3 is 2.56 bits per heavy atom. The molecule has 0 bridgehead atoms. The van der Waals surface area contributed by atoms with Crippen molar-refractivity contribution in [2.75, 3.05) is 34.4 Å². The minimum atomic E-state index is -0.784. The summed E-state index contributed by atoms with van der Waals surface area (Å²) < 4.78 is 0. The third-order valence-electron chi connectivity index (χ3n) is 7.29. The lowest BCUT2D eigenvalue weighted by molar-refractivity contribution is -0.125. The summed E-state index contributed by atoms with van der Waals surface area (Å²) in [6.45, 7) is 4.21. The second kappa shape index (κ2) is 8.00. The highest BCUT2D eigenvalue weighted by Crippen LogP contribution is 2.49. The van der Waals surface area contributed by atoms with Crippen molar-refractivity contribution >= 4 is 52.0 Å². The zero-order valence-electron chi connectivity index (χ0n) is 18.7. The van der Waals surface area contributed by atoms with E-state index in [0.29, 0.717) is 23.0 Å². The predicted molar refractivity (Wildman–Crippen MR) is 137 cm³/mol. The van der Waals surface area contributed by atoms with Crippen molar-refractivity contribution in [3.8, 4) is 0 Å². The van der Waals surface area contributed by atoms with Crippen molar-refractivity contribution in [3.05, 3.63) is 82.5 Å². The Morgan fingerprint density at radius 2 is 1.79 bits per heavy atom. The van der Waals surface area contributed by atoms with Gasteiger partial charge in [0.2, 0.25) is 0 Å². The highest BCUT2D eigenvalue weighted by Gasteiger charge is 2.60. The molecule has 3 aromatic rings. The summed E-state index contributed by atoms with van der Waals surface area (Å²) in [5.74, 6) is 0.912. The maximum Gasteiger partial charge on any atom is 0.261 e. The number of hydrazone groups is 1. The van der Waals surface area contributed by atoms with E-state index >= 15 is 0 Å². The molecular formula is C26H23Cl2N5O. The Morgan fingerprint density at radius 1 is 1.00 bits per heavy atom. The molecule has 0 unspecified atom stereocenters. The van der Waals surface area contributed by atoms with Gasteiger partial charge in [-0.3, -0.25) is 4.79 Å². The van der Waals surface area contributed by atoms with Gasteiger partial charge in [-0.1, -0.05) is 35.3 Å². The van der Waals surface area contributed by atoms with E-state index in [2.05, 4.69) is 14.8 Å². The second-order valence-corrected chi connectivity index (χ2v) is 9.92. The van der Waals surface area contributed by atoms with Gasteiger partial charge in [0, 0.05) is 41.6 Å². The van der Waals surface area contributed by atoms with Crippen molar-refractivity contribution < 1.29 is 4.79 Å². The zero-order chi connectivity index (χ0) is 23.4. The first-order valence-corrected chi connectivity index (χ1v) is 12.1. The van der Waals surface area contributed by atoms with Gasteiger partial charge in [0.05, 0.1) is 17.4 Å². The summed E-state index contributed by atoms with van der Waals surface area (Å²) in [4.78, 5) is 23.4. The molecule has 1 saturated heterocycles. The molecule has 4 heterocycles. The number of pyridine rings is 1. The number of hydrogen-bond donors (Lipinski definition) is 0. The number of halogens is 2. The number of anilines is 3. The number of hydrogen-bond acceptors (Lipinski definition) is 5. The van der Waals surface area contributed by atoms with Crippen molar-refractivity contribution in [3.63, 3.8) is 0 Å². The molecule has 1 aromatic heterocycles. The van der Waals surface area contributed by atoms with Gasteiger partial charge in [0.1, 0.15) is 11.2 Å². The summed E-state index contributed by atoms with van der Waals surface area (Å²) in [5.41, 5.74) is 2.98. The molecule has 1 amide bonds. The summed E-state index contributed by atoms with van der Waals surface area (Å²) in [7, 11) is 0. The van der Waals surface area contributed by atoms with E-state index in [1.165, 1.54) is 0 Å². The van der Waals surface area contributed by atoms with Gasteiger partial charge in [-0.15, -0.1) is 0 Å². The van der Waals surface area contributed by atoms with Gasteiger partial charge >= 0.3 is 0 Å². The van der Waals surface area contributed by atoms with Crippen LogP contribution in [0.5, 0.6) is 0 Å². The molecule has 34 heavy (non-hydrogen) atoms. The largest absolute Gasteiger partial charge is 0.363 e. The molecule has 172 valence electrons. The number of nitrogens with zero attached hydrogens (tertiary/aromatic N) is 5. The minimum absolute atomic E-state index is 0.00852. The molecule has 3 aliphatic rings. The van der Waals surface area contributed by atoms with Crippen molar-refractivity contribution in [2.24, 2.45) is 10.5 Å². The lowest BCUT2D eigenvalue weighted by Gasteiger charge is -2.53. The number of piperazine rings is 1. The highest BCUT2D eigenvalue weighted by molar-refractivity contribution is 6.31. The van der Waals surface area contributed by atoms with Crippen LogP contribution in [0.25, 0.3) is 0 Å².